The number of para-hydroxylation sites is 1. The van der Waals surface area contributed by atoms with Crippen molar-refractivity contribution in [3.05, 3.63) is 58.7 Å². The fourth-order valence-electron chi connectivity index (χ4n) is 7.05. The normalized spacial score (nSPS) is 18.8. The molecule has 0 spiro atoms. The first-order valence-corrected chi connectivity index (χ1v) is 16.6. The molecule has 5 rings (SSSR count). The molecule has 2 aromatic rings. The summed E-state index contributed by atoms with van der Waals surface area (Å²) in [6.45, 7) is 7.01. The minimum Gasteiger partial charge on any atom is -0.436 e. The number of rotatable bonds is 8. The lowest BCUT2D eigenvalue weighted by atomic mass is 9.96. The highest BCUT2D eigenvalue weighted by Gasteiger charge is 2.35. The van der Waals surface area contributed by atoms with Gasteiger partial charge in [0, 0.05) is 62.6 Å². The van der Waals surface area contributed by atoms with Crippen LogP contribution in [0.15, 0.2) is 36.4 Å². The number of hydrogen-bond acceptors (Lipinski definition) is 6. The molecule has 0 unspecified atom stereocenters. The van der Waals surface area contributed by atoms with Gasteiger partial charge in [-0.05, 0) is 87.4 Å². The van der Waals surface area contributed by atoms with Crippen LogP contribution in [0.3, 0.4) is 0 Å². The van der Waals surface area contributed by atoms with Crippen LogP contribution >= 0.6 is 0 Å². The number of nitrogens with zero attached hydrogens (tertiary/aromatic N) is 4. The Bertz CT molecular complexity index is 1340. The molecule has 0 aromatic heterocycles. The minimum atomic E-state index is -0.918. The number of carbonyl (C=O) groups excluding carboxylic acids is 3. The summed E-state index contributed by atoms with van der Waals surface area (Å²) in [4.78, 5) is 48.3. The maximum atomic E-state index is 13.9. The molecule has 2 aromatic carbocycles. The third kappa shape index (κ3) is 7.54. The van der Waals surface area contributed by atoms with Gasteiger partial charge in [0.25, 0.3) is 5.91 Å². The molecule has 3 N–H and O–H groups in total. The molecule has 0 saturated carbocycles. The quantitative estimate of drug-likeness (QED) is 0.420. The number of likely N-dealkylation sites (tertiary alicyclic amines) is 2. The van der Waals surface area contributed by atoms with Crippen molar-refractivity contribution in [2.45, 2.75) is 83.4 Å². The number of aryl methyl sites for hydroxylation is 2. The fourth-order valence-corrected chi connectivity index (χ4v) is 7.05. The SMILES string of the molecule is CCc1cc(C[C@@H](OC(=O)N2CCC(N3CCc4ccccc4NC3=O)CC2)C(=O)N2CCC(N(C)C)CC2)cc(CC)c1N. The third-order valence-corrected chi connectivity index (χ3v) is 9.92. The lowest BCUT2D eigenvalue weighted by Gasteiger charge is -2.39. The topological polar surface area (TPSA) is 111 Å². The number of nitrogens with one attached hydrogen (secondary N) is 1. The number of amides is 4. The average Bonchev–Trinajstić information content (AvgIpc) is 3.22. The fraction of sp³-hybridized carbons (Fsp3) is 0.571. The number of hydrogen-bond donors (Lipinski definition) is 2. The van der Waals surface area contributed by atoms with Crippen LogP contribution in [0, 0.1) is 0 Å². The highest BCUT2D eigenvalue weighted by molar-refractivity contribution is 5.91. The summed E-state index contributed by atoms with van der Waals surface area (Å²) in [6.07, 6.45) is 4.40. The molecule has 10 heteroatoms. The Labute approximate surface area is 267 Å². The van der Waals surface area contributed by atoms with E-state index in [1.807, 2.05) is 28.0 Å². The number of piperidine rings is 2. The number of fused-ring (bicyclic) bond motifs is 1. The van der Waals surface area contributed by atoms with Crippen LogP contribution in [-0.2, 0) is 35.2 Å². The third-order valence-electron chi connectivity index (χ3n) is 9.92. The van der Waals surface area contributed by atoms with Gasteiger partial charge in [0.15, 0.2) is 6.10 Å². The maximum Gasteiger partial charge on any atom is 0.410 e. The van der Waals surface area contributed by atoms with Gasteiger partial charge in [0.05, 0.1) is 0 Å². The summed E-state index contributed by atoms with van der Waals surface area (Å²) in [7, 11) is 4.15. The second kappa shape index (κ2) is 14.5. The second-order valence-electron chi connectivity index (χ2n) is 12.9. The van der Waals surface area contributed by atoms with Crippen molar-refractivity contribution in [2.24, 2.45) is 0 Å². The Morgan fingerprint density at radius 2 is 1.58 bits per heavy atom. The zero-order chi connectivity index (χ0) is 32.1. The molecular formula is C35H50N6O4. The second-order valence-corrected chi connectivity index (χ2v) is 12.9. The molecule has 3 aliphatic heterocycles. The molecule has 4 amide bonds. The Hall–Kier alpha value is -3.79. The van der Waals surface area contributed by atoms with Crippen molar-refractivity contribution < 1.29 is 19.1 Å². The number of carbonyl (C=O) groups is 3. The lowest BCUT2D eigenvalue weighted by molar-refractivity contribution is -0.142. The standard InChI is InChI=1S/C35H50N6O4/c1-5-25-21-24(22-26(6-2)32(25)36)23-31(33(42)39-16-12-28(13-17-39)38(3)4)45-35(44)40-18-14-29(15-19-40)41-20-11-27-9-7-8-10-30(27)37-34(41)43/h7-10,21-22,28-29,31H,5-6,11-20,23,36H2,1-4H3,(H,37,43)/t31-/m1/s1. The smallest absolute Gasteiger partial charge is 0.410 e. The highest BCUT2D eigenvalue weighted by atomic mass is 16.6. The van der Waals surface area contributed by atoms with Crippen LogP contribution in [0.25, 0.3) is 0 Å². The number of anilines is 2. The number of urea groups is 1. The van der Waals surface area contributed by atoms with Gasteiger partial charge in [-0.25, -0.2) is 9.59 Å². The van der Waals surface area contributed by atoms with E-state index in [9.17, 15) is 14.4 Å². The van der Waals surface area contributed by atoms with Crippen molar-refractivity contribution in [3.8, 4) is 0 Å². The summed E-state index contributed by atoms with van der Waals surface area (Å²) < 4.78 is 6.09. The van der Waals surface area contributed by atoms with Crippen LogP contribution in [0.4, 0.5) is 21.0 Å². The van der Waals surface area contributed by atoms with Crippen molar-refractivity contribution in [3.63, 3.8) is 0 Å². The van der Waals surface area contributed by atoms with Crippen LogP contribution in [0.1, 0.15) is 61.8 Å². The first-order valence-electron chi connectivity index (χ1n) is 16.6. The largest absolute Gasteiger partial charge is 0.436 e. The van der Waals surface area contributed by atoms with Gasteiger partial charge in [-0.1, -0.05) is 44.2 Å². The molecular weight excluding hydrogens is 568 g/mol. The summed E-state index contributed by atoms with van der Waals surface area (Å²) >= 11 is 0. The first-order chi connectivity index (χ1) is 21.7. The van der Waals surface area contributed by atoms with E-state index in [0.29, 0.717) is 58.0 Å². The van der Waals surface area contributed by atoms with E-state index in [-0.39, 0.29) is 18.0 Å². The molecule has 45 heavy (non-hydrogen) atoms. The van der Waals surface area contributed by atoms with Crippen molar-refractivity contribution in [1.82, 2.24) is 19.6 Å². The molecule has 244 valence electrons. The Morgan fingerprint density at radius 1 is 0.956 bits per heavy atom. The van der Waals surface area contributed by atoms with Gasteiger partial charge >= 0.3 is 12.1 Å². The number of benzene rings is 2. The lowest BCUT2D eigenvalue weighted by Crippen LogP contribution is -2.52. The summed E-state index contributed by atoms with van der Waals surface area (Å²) in [5.74, 6) is -0.135. The Balaban J connectivity index is 1.25. The van der Waals surface area contributed by atoms with Gasteiger partial charge < -0.3 is 35.4 Å². The number of nitrogens with two attached hydrogens (primary N) is 1. The maximum absolute atomic E-state index is 13.9. The van der Waals surface area contributed by atoms with Gasteiger partial charge in [0.2, 0.25) is 0 Å². The van der Waals surface area contributed by atoms with E-state index in [2.05, 4.69) is 56.4 Å². The van der Waals surface area contributed by atoms with E-state index in [1.54, 1.807) is 4.90 Å². The molecule has 2 saturated heterocycles. The van der Waals surface area contributed by atoms with Gasteiger partial charge in [-0.2, -0.15) is 0 Å². The monoisotopic (exact) mass is 618 g/mol. The first kappa shape index (κ1) is 32.6. The average molecular weight is 619 g/mol. The van der Waals surface area contributed by atoms with Crippen molar-refractivity contribution in [2.75, 3.05) is 57.9 Å². The molecule has 0 bridgehead atoms. The van der Waals surface area contributed by atoms with Crippen LogP contribution in [0.5, 0.6) is 0 Å². The zero-order valence-electron chi connectivity index (χ0n) is 27.4. The highest BCUT2D eigenvalue weighted by Crippen LogP contribution is 2.27. The van der Waals surface area contributed by atoms with E-state index in [0.717, 1.165) is 65.7 Å². The van der Waals surface area contributed by atoms with E-state index < -0.39 is 12.2 Å². The number of ether oxygens (including phenoxy) is 1. The number of nitrogen functional groups attached to an aromatic ring is 1. The van der Waals surface area contributed by atoms with Crippen LogP contribution in [-0.4, -0.2) is 103 Å². The molecule has 0 radical (unpaired) electrons. The van der Waals surface area contributed by atoms with Crippen LogP contribution in [0.2, 0.25) is 0 Å². The van der Waals surface area contributed by atoms with Gasteiger partial charge in [-0.3, -0.25) is 4.79 Å². The predicted molar refractivity (Wildman–Crippen MR) is 177 cm³/mol. The van der Waals surface area contributed by atoms with E-state index >= 15 is 0 Å². The zero-order valence-corrected chi connectivity index (χ0v) is 27.4. The van der Waals surface area contributed by atoms with Crippen molar-refractivity contribution >= 4 is 29.4 Å². The Morgan fingerprint density at radius 3 is 2.20 bits per heavy atom. The van der Waals surface area contributed by atoms with E-state index in [4.69, 9.17) is 10.5 Å². The molecule has 10 nitrogen and oxygen atoms in total. The summed E-state index contributed by atoms with van der Waals surface area (Å²) in [5, 5.41) is 3.05. The summed E-state index contributed by atoms with van der Waals surface area (Å²) in [6, 6.07) is 12.4. The molecule has 2 fully saturated rings. The molecule has 3 aliphatic rings. The Kier molecular flexibility index (Phi) is 10.5. The van der Waals surface area contributed by atoms with Crippen LogP contribution < -0.4 is 11.1 Å². The van der Waals surface area contributed by atoms with E-state index in [1.165, 1.54) is 0 Å². The van der Waals surface area contributed by atoms with Gasteiger partial charge in [0.1, 0.15) is 0 Å². The summed E-state index contributed by atoms with van der Waals surface area (Å²) in [5.41, 5.74) is 12.3. The molecule has 1 atom stereocenters. The molecule has 0 aliphatic carbocycles. The molecule has 3 heterocycles. The van der Waals surface area contributed by atoms with Gasteiger partial charge in [-0.15, -0.1) is 0 Å². The van der Waals surface area contributed by atoms with Crippen molar-refractivity contribution in [1.29, 1.82) is 0 Å². The minimum absolute atomic E-state index is 0.0356. The predicted octanol–water partition coefficient (Wildman–Crippen LogP) is 4.55.